The number of rotatable bonds is 4. The van der Waals surface area contributed by atoms with E-state index in [-0.39, 0.29) is 0 Å². The van der Waals surface area contributed by atoms with Gasteiger partial charge in [0.2, 0.25) is 0 Å². The third kappa shape index (κ3) is 5.06. The van der Waals surface area contributed by atoms with Crippen LogP contribution in [0.25, 0.3) is 0 Å². The number of benzene rings is 1. The summed E-state index contributed by atoms with van der Waals surface area (Å²) >= 11 is 0. The predicted octanol–water partition coefficient (Wildman–Crippen LogP) is 3.09. The van der Waals surface area contributed by atoms with Crippen LogP contribution in [0.5, 0.6) is 0 Å². The zero-order valence-corrected chi connectivity index (χ0v) is 11.5. The molecule has 1 aromatic rings. The van der Waals surface area contributed by atoms with E-state index in [0.29, 0.717) is 13.2 Å². The Kier molecular flexibility index (Phi) is 5.94. The third-order valence-electron chi connectivity index (χ3n) is 3.61. The van der Waals surface area contributed by atoms with Crippen LogP contribution in [-0.4, -0.2) is 13.2 Å². The zero-order chi connectivity index (χ0) is 13.3. The molecule has 0 aromatic heterocycles. The Morgan fingerprint density at radius 1 is 1.21 bits per heavy atom. The van der Waals surface area contributed by atoms with Crippen LogP contribution < -0.4 is 5.73 Å². The maximum Gasteiger partial charge on any atom is 0.0717 e. The fourth-order valence-corrected chi connectivity index (χ4v) is 2.59. The molecule has 19 heavy (non-hydrogen) atoms. The van der Waals surface area contributed by atoms with Crippen LogP contribution >= 0.6 is 0 Å². The molecular weight excluding hydrogens is 234 g/mol. The molecular formula is C17H23NO. The van der Waals surface area contributed by atoms with Crippen molar-refractivity contribution in [3.05, 3.63) is 35.4 Å². The molecule has 0 heterocycles. The van der Waals surface area contributed by atoms with Crippen LogP contribution in [0, 0.1) is 17.8 Å². The first kappa shape index (κ1) is 14.1. The van der Waals surface area contributed by atoms with Gasteiger partial charge in [-0.3, -0.25) is 0 Å². The molecule has 0 spiro atoms. The predicted molar refractivity (Wildman–Crippen MR) is 78.6 cm³/mol. The van der Waals surface area contributed by atoms with Gasteiger partial charge in [-0.1, -0.05) is 43.2 Å². The highest BCUT2D eigenvalue weighted by atomic mass is 16.5. The molecule has 0 unspecified atom stereocenters. The molecule has 0 bridgehead atoms. The summed E-state index contributed by atoms with van der Waals surface area (Å²) in [7, 11) is 0. The quantitative estimate of drug-likeness (QED) is 0.841. The lowest BCUT2D eigenvalue weighted by Gasteiger charge is -2.21. The average molecular weight is 257 g/mol. The van der Waals surface area contributed by atoms with Crippen LogP contribution in [0.1, 0.15) is 43.2 Å². The Balaban J connectivity index is 1.78. The van der Waals surface area contributed by atoms with Gasteiger partial charge in [0.1, 0.15) is 0 Å². The molecule has 0 radical (unpaired) electrons. The summed E-state index contributed by atoms with van der Waals surface area (Å²) in [5.74, 6) is 6.70. The van der Waals surface area contributed by atoms with Crippen molar-refractivity contribution < 1.29 is 4.74 Å². The molecule has 2 N–H and O–H groups in total. The minimum absolute atomic E-state index is 0.405. The maximum atomic E-state index is 5.85. The molecule has 2 rings (SSSR count). The summed E-state index contributed by atoms with van der Waals surface area (Å²) in [5.41, 5.74) is 7.59. The second kappa shape index (κ2) is 7.99. The largest absolute Gasteiger partial charge is 0.376 e. The second-order valence-electron chi connectivity index (χ2n) is 5.23. The van der Waals surface area contributed by atoms with Gasteiger partial charge in [-0.05, 0) is 36.5 Å². The lowest BCUT2D eigenvalue weighted by Crippen LogP contribution is -2.13. The van der Waals surface area contributed by atoms with Crippen molar-refractivity contribution in [2.24, 2.45) is 11.7 Å². The van der Waals surface area contributed by atoms with Crippen molar-refractivity contribution in [3.8, 4) is 11.8 Å². The smallest absolute Gasteiger partial charge is 0.0717 e. The fraction of sp³-hybridized carbons (Fsp3) is 0.529. The first-order chi connectivity index (χ1) is 9.38. The van der Waals surface area contributed by atoms with Gasteiger partial charge in [0.05, 0.1) is 13.2 Å². The van der Waals surface area contributed by atoms with E-state index in [0.717, 1.165) is 18.1 Å². The lowest BCUT2D eigenvalue weighted by atomic mass is 9.90. The van der Waals surface area contributed by atoms with Crippen molar-refractivity contribution >= 4 is 0 Å². The molecule has 1 aliphatic carbocycles. The number of nitrogens with two attached hydrogens (primary N) is 1. The summed E-state index contributed by atoms with van der Waals surface area (Å²) in [6.45, 7) is 2.00. The van der Waals surface area contributed by atoms with Gasteiger partial charge >= 0.3 is 0 Å². The highest BCUT2D eigenvalue weighted by Crippen LogP contribution is 2.23. The van der Waals surface area contributed by atoms with Crippen molar-refractivity contribution in [2.75, 3.05) is 13.2 Å². The van der Waals surface area contributed by atoms with Crippen LogP contribution in [0.2, 0.25) is 0 Å². The highest BCUT2D eigenvalue weighted by Gasteiger charge is 2.13. The number of ether oxygens (including phenoxy) is 1. The molecule has 2 heteroatoms. The monoisotopic (exact) mass is 257 g/mol. The summed E-state index contributed by atoms with van der Waals surface area (Å²) in [5, 5.41) is 0. The van der Waals surface area contributed by atoms with E-state index in [1.807, 2.05) is 12.1 Å². The Labute approximate surface area is 116 Å². The van der Waals surface area contributed by atoms with Gasteiger partial charge in [0.25, 0.3) is 0 Å². The third-order valence-corrected chi connectivity index (χ3v) is 3.61. The molecule has 0 amide bonds. The Morgan fingerprint density at radius 3 is 2.84 bits per heavy atom. The van der Waals surface area contributed by atoms with E-state index in [4.69, 9.17) is 10.5 Å². The molecule has 0 atom stereocenters. The molecule has 1 fully saturated rings. The topological polar surface area (TPSA) is 35.2 Å². The molecule has 1 saturated carbocycles. The summed E-state index contributed by atoms with van der Waals surface area (Å²) in [6, 6.07) is 8.21. The van der Waals surface area contributed by atoms with E-state index < -0.39 is 0 Å². The average Bonchev–Trinajstić information content (AvgIpc) is 2.47. The molecule has 0 aliphatic heterocycles. The second-order valence-corrected chi connectivity index (χ2v) is 5.23. The Morgan fingerprint density at radius 2 is 2.05 bits per heavy atom. The minimum Gasteiger partial charge on any atom is -0.376 e. The van der Waals surface area contributed by atoms with Crippen LogP contribution in [0.15, 0.2) is 24.3 Å². The van der Waals surface area contributed by atoms with E-state index in [1.165, 1.54) is 37.7 Å². The van der Waals surface area contributed by atoms with Gasteiger partial charge in [-0.25, -0.2) is 0 Å². The van der Waals surface area contributed by atoms with Gasteiger partial charge < -0.3 is 10.5 Å². The molecule has 1 aromatic carbocycles. The van der Waals surface area contributed by atoms with E-state index >= 15 is 0 Å². The van der Waals surface area contributed by atoms with E-state index in [1.54, 1.807) is 0 Å². The van der Waals surface area contributed by atoms with Crippen LogP contribution in [0.4, 0.5) is 0 Å². The van der Waals surface area contributed by atoms with Gasteiger partial charge in [0, 0.05) is 12.2 Å². The van der Waals surface area contributed by atoms with Crippen molar-refractivity contribution in [1.82, 2.24) is 0 Å². The molecule has 1 aliphatic rings. The van der Waals surface area contributed by atoms with Gasteiger partial charge in [-0.2, -0.15) is 0 Å². The normalized spacial score (nSPS) is 15.8. The first-order valence-electron chi connectivity index (χ1n) is 7.24. The fourth-order valence-electron chi connectivity index (χ4n) is 2.59. The first-order valence-corrected chi connectivity index (χ1v) is 7.24. The van der Waals surface area contributed by atoms with Gasteiger partial charge in [-0.15, -0.1) is 0 Å². The minimum atomic E-state index is 0.405. The molecule has 102 valence electrons. The summed E-state index contributed by atoms with van der Waals surface area (Å²) in [4.78, 5) is 0. The van der Waals surface area contributed by atoms with E-state index in [9.17, 15) is 0 Å². The van der Waals surface area contributed by atoms with Crippen molar-refractivity contribution in [1.29, 1.82) is 0 Å². The highest BCUT2D eigenvalue weighted by molar-refractivity contribution is 5.37. The SMILES string of the molecule is NCC#Cc1cccc(COCC2CCCCC2)c1. The van der Waals surface area contributed by atoms with Crippen molar-refractivity contribution in [3.63, 3.8) is 0 Å². The zero-order valence-electron chi connectivity index (χ0n) is 11.5. The standard InChI is InChI=1S/C17H23NO/c18-11-5-10-15-8-4-9-17(12-15)14-19-13-16-6-2-1-3-7-16/h4,8-9,12,16H,1-3,6-7,11,13-14,18H2. The van der Waals surface area contributed by atoms with E-state index in [2.05, 4.69) is 24.0 Å². The number of hydrogen-bond donors (Lipinski definition) is 1. The Hall–Kier alpha value is -1.30. The molecule has 2 nitrogen and oxygen atoms in total. The Bertz CT molecular complexity index is 438. The molecule has 0 saturated heterocycles. The lowest BCUT2D eigenvalue weighted by molar-refractivity contribution is 0.0739. The van der Waals surface area contributed by atoms with Crippen molar-refractivity contribution in [2.45, 2.75) is 38.7 Å². The number of hydrogen-bond acceptors (Lipinski definition) is 2. The summed E-state index contributed by atoms with van der Waals surface area (Å²) in [6.07, 6.45) is 6.82. The maximum absolute atomic E-state index is 5.85. The van der Waals surface area contributed by atoms with Crippen LogP contribution in [-0.2, 0) is 11.3 Å². The summed E-state index contributed by atoms with van der Waals surface area (Å²) < 4.78 is 5.85. The van der Waals surface area contributed by atoms with Crippen LogP contribution in [0.3, 0.4) is 0 Å². The van der Waals surface area contributed by atoms with Gasteiger partial charge in [0.15, 0.2) is 0 Å².